The Kier molecular flexibility index (Phi) is 7.02. The summed E-state index contributed by atoms with van der Waals surface area (Å²) < 4.78 is 0. The first-order chi connectivity index (χ1) is 15.1. The highest BCUT2D eigenvalue weighted by molar-refractivity contribution is 7.12. The van der Waals surface area contributed by atoms with Crippen molar-refractivity contribution in [3.05, 3.63) is 87.1 Å². The molecule has 1 atom stereocenters. The van der Waals surface area contributed by atoms with E-state index in [1.54, 1.807) is 30.3 Å². The predicted molar refractivity (Wildman–Crippen MR) is 126 cm³/mol. The summed E-state index contributed by atoms with van der Waals surface area (Å²) in [7, 11) is 0. The Hall–Kier alpha value is -2.67. The molecule has 0 bridgehead atoms. The monoisotopic (exact) mass is 453 g/mol. The molecule has 2 N–H and O–H groups in total. The molecule has 2 heterocycles. The highest BCUT2D eigenvalue weighted by Gasteiger charge is 2.25. The molecule has 1 unspecified atom stereocenters. The van der Waals surface area contributed by atoms with E-state index in [1.807, 2.05) is 29.6 Å². The van der Waals surface area contributed by atoms with Gasteiger partial charge in [0, 0.05) is 11.6 Å². The number of hydrogen-bond donors (Lipinski definition) is 2. The van der Waals surface area contributed by atoms with Crippen molar-refractivity contribution in [3.63, 3.8) is 0 Å². The molecule has 1 saturated heterocycles. The molecule has 160 valence electrons. The lowest BCUT2D eigenvalue weighted by atomic mass is 10.0. The Morgan fingerprint density at radius 2 is 1.81 bits per heavy atom. The number of thiophene rings is 1. The molecule has 5 nitrogen and oxygen atoms in total. The number of benzene rings is 2. The van der Waals surface area contributed by atoms with Crippen LogP contribution < -0.4 is 10.6 Å². The second-order valence-electron chi connectivity index (χ2n) is 7.50. The number of rotatable bonds is 7. The molecular weight excluding hydrogens is 430 g/mol. The number of likely N-dealkylation sites (tertiary alicyclic amines) is 1. The quantitative estimate of drug-likeness (QED) is 0.515. The maximum Gasteiger partial charge on any atom is 0.265 e. The van der Waals surface area contributed by atoms with Crippen LogP contribution in [-0.2, 0) is 0 Å². The van der Waals surface area contributed by atoms with Crippen LogP contribution in [0.4, 0.5) is 5.69 Å². The molecule has 1 fully saturated rings. The molecular formula is C24H24ClN3O2S. The summed E-state index contributed by atoms with van der Waals surface area (Å²) in [5.74, 6) is -0.433. The first-order valence-electron chi connectivity index (χ1n) is 10.3. The van der Waals surface area contributed by atoms with E-state index in [-0.39, 0.29) is 17.9 Å². The van der Waals surface area contributed by atoms with Crippen LogP contribution in [0, 0.1) is 0 Å². The Morgan fingerprint density at radius 3 is 2.55 bits per heavy atom. The summed E-state index contributed by atoms with van der Waals surface area (Å²) in [5, 5.41) is 8.47. The normalized spacial score (nSPS) is 14.9. The summed E-state index contributed by atoms with van der Waals surface area (Å²) in [6, 6.07) is 18.5. The second kappa shape index (κ2) is 10.1. The van der Waals surface area contributed by atoms with Gasteiger partial charge in [-0.05, 0) is 67.2 Å². The molecule has 1 aliphatic heterocycles. The van der Waals surface area contributed by atoms with Crippen molar-refractivity contribution in [2.75, 3.05) is 25.0 Å². The molecule has 1 aliphatic rings. The van der Waals surface area contributed by atoms with Crippen molar-refractivity contribution in [1.82, 2.24) is 10.2 Å². The maximum atomic E-state index is 13.0. The van der Waals surface area contributed by atoms with Gasteiger partial charge in [-0.25, -0.2) is 0 Å². The van der Waals surface area contributed by atoms with E-state index >= 15 is 0 Å². The van der Waals surface area contributed by atoms with Crippen LogP contribution in [0.5, 0.6) is 0 Å². The van der Waals surface area contributed by atoms with Crippen LogP contribution in [0.3, 0.4) is 0 Å². The smallest absolute Gasteiger partial charge is 0.265 e. The Bertz CT molecular complexity index is 1050. The Balaban J connectivity index is 1.49. The van der Waals surface area contributed by atoms with E-state index in [1.165, 1.54) is 11.3 Å². The number of amides is 2. The Labute approximate surface area is 191 Å². The van der Waals surface area contributed by atoms with Crippen molar-refractivity contribution in [2.24, 2.45) is 0 Å². The van der Waals surface area contributed by atoms with Crippen molar-refractivity contribution in [3.8, 4) is 0 Å². The number of para-hydroxylation sites is 1. The van der Waals surface area contributed by atoms with Gasteiger partial charge in [-0.1, -0.05) is 41.9 Å². The largest absolute Gasteiger partial charge is 0.350 e. The lowest BCUT2D eigenvalue weighted by Gasteiger charge is -2.28. The molecule has 0 spiro atoms. The van der Waals surface area contributed by atoms with Crippen LogP contribution >= 0.6 is 22.9 Å². The van der Waals surface area contributed by atoms with E-state index in [2.05, 4.69) is 21.6 Å². The third kappa shape index (κ3) is 5.34. The van der Waals surface area contributed by atoms with Crippen molar-refractivity contribution in [1.29, 1.82) is 0 Å². The number of nitrogens with zero attached hydrogens (tertiary/aromatic N) is 1. The first-order valence-corrected chi connectivity index (χ1v) is 11.6. The molecule has 1 aromatic heterocycles. The summed E-state index contributed by atoms with van der Waals surface area (Å²) in [4.78, 5) is 28.5. The third-order valence-corrected chi connectivity index (χ3v) is 6.54. The van der Waals surface area contributed by atoms with Gasteiger partial charge in [-0.3, -0.25) is 14.5 Å². The zero-order valence-electron chi connectivity index (χ0n) is 17.0. The molecule has 0 radical (unpaired) electrons. The summed E-state index contributed by atoms with van der Waals surface area (Å²) in [6.45, 7) is 2.47. The molecule has 3 aromatic rings. The predicted octanol–water partition coefficient (Wildman–Crippen LogP) is 5.22. The fourth-order valence-electron chi connectivity index (χ4n) is 3.89. The van der Waals surface area contributed by atoms with Gasteiger partial charge < -0.3 is 10.6 Å². The molecule has 2 amide bonds. The molecule has 0 saturated carbocycles. The van der Waals surface area contributed by atoms with Crippen LogP contribution in [-0.4, -0.2) is 36.3 Å². The first kappa shape index (κ1) is 21.6. The number of halogens is 1. The number of hydrogen-bond acceptors (Lipinski definition) is 4. The van der Waals surface area contributed by atoms with Gasteiger partial charge in [0.25, 0.3) is 11.8 Å². The van der Waals surface area contributed by atoms with Crippen LogP contribution in [0.2, 0.25) is 5.02 Å². The summed E-state index contributed by atoms with van der Waals surface area (Å²) >= 11 is 7.58. The van der Waals surface area contributed by atoms with Gasteiger partial charge >= 0.3 is 0 Å². The highest BCUT2D eigenvalue weighted by atomic mass is 35.5. The van der Waals surface area contributed by atoms with E-state index in [9.17, 15) is 9.59 Å². The number of nitrogens with one attached hydrogen (secondary N) is 2. The molecule has 2 aromatic carbocycles. The standard InChI is InChI=1S/C24H24ClN3O2S/c25-18-8-5-7-17(15-18)21(28-12-3-4-13-28)16-26-23(29)19-9-1-2-10-20(19)27-24(30)22-11-6-14-31-22/h1-2,5-11,14-15,21H,3-4,12-13,16H2,(H,26,29)(H,27,30). The average Bonchev–Trinajstić information content (AvgIpc) is 3.49. The van der Waals surface area contributed by atoms with Crippen molar-refractivity contribution < 1.29 is 9.59 Å². The van der Waals surface area contributed by atoms with E-state index < -0.39 is 0 Å². The van der Waals surface area contributed by atoms with Crippen molar-refractivity contribution in [2.45, 2.75) is 18.9 Å². The van der Waals surface area contributed by atoms with Crippen LogP contribution in [0.15, 0.2) is 66.0 Å². The van der Waals surface area contributed by atoms with E-state index in [4.69, 9.17) is 11.6 Å². The SMILES string of the molecule is O=C(Nc1ccccc1C(=O)NCC(c1cccc(Cl)c1)N1CCCC1)c1cccs1. The minimum Gasteiger partial charge on any atom is -0.350 e. The lowest BCUT2D eigenvalue weighted by Crippen LogP contribution is -2.37. The molecule has 31 heavy (non-hydrogen) atoms. The van der Waals surface area contributed by atoms with Crippen molar-refractivity contribution >= 4 is 40.4 Å². The molecule has 4 rings (SSSR count). The van der Waals surface area contributed by atoms with Crippen LogP contribution in [0.1, 0.15) is 44.5 Å². The molecule has 7 heteroatoms. The average molecular weight is 454 g/mol. The van der Waals surface area contributed by atoms with Crippen LogP contribution in [0.25, 0.3) is 0 Å². The summed E-state index contributed by atoms with van der Waals surface area (Å²) in [5.41, 5.74) is 2.03. The maximum absolute atomic E-state index is 13.0. The zero-order chi connectivity index (χ0) is 21.6. The third-order valence-electron chi connectivity index (χ3n) is 5.44. The highest BCUT2D eigenvalue weighted by Crippen LogP contribution is 2.27. The fraction of sp³-hybridized carbons (Fsp3) is 0.250. The number of anilines is 1. The minimum atomic E-state index is -0.218. The van der Waals surface area contributed by atoms with Gasteiger partial charge in [-0.15, -0.1) is 11.3 Å². The minimum absolute atomic E-state index is 0.0537. The van der Waals surface area contributed by atoms with Gasteiger partial charge in [0.15, 0.2) is 0 Å². The fourth-order valence-corrected chi connectivity index (χ4v) is 4.71. The molecule has 0 aliphatic carbocycles. The van der Waals surface area contributed by atoms with Gasteiger partial charge in [-0.2, -0.15) is 0 Å². The second-order valence-corrected chi connectivity index (χ2v) is 8.89. The zero-order valence-corrected chi connectivity index (χ0v) is 18.6. The van der Waals surface area contributed by atoms with E-state index in [0.29, 0.717) is 27.7 Å². The van der Waals surface area contributed by atoms with Gasteiger partial charge in [0.2, 0.25) is 0 Å². The lowest BCUT2D eigenvalue weighted by molar-refractivity contribution is 0.0939. The number of carbonyl (C=O) groups excluding carboxylic acids is 2. The van der Waals surface area contributed by atoms with Gasteiger partial charge in [0.05, 0.1) is 22.2 Å². The Morgan fingerprint density at radius 1 is 1.00 bits per heavy atom. The summed E-state index contributed by atoms with van der Waals surface area (Å²) in [6.07, 6.45) is 2.31. The van der Waals surface area contributed by atoms with Gasteiger partial charge in [0.1, 0.15) is 0 Å². The number of carbonyl (C=O) groups is 2. The van der Waals surface area contributed by atoms with E-state index in [0.717, 1.165) is 31.5 Å². The topological polar surface area (TPSA) is 61.4 Å².